The van der Waals surface area contributed by atoms with Gasteiger partial charge in [0.1, 0.15) is 11.5 Å². The number of halogens is 1. The summed E-state index contributed by atoms with van der Waals surface area (Å²) in [6.07, 6.45) is 0. The fourth-order valence-corrected chi connectivity index (χ4v) is 3.27. The van der Waals surface area contributed by atoms with E-state index in [9.17, 15) is 0 Å². The Morgan fingerprint density at radius 2 is 1.18 bits per heavy atom. The molecule has 0 aliphatic heterocycles. The molecule has 4 rings (SSSR count). The molecule has 0 atom stereocenters. The molecule has 22 heavy (non-hydrogen) atoms. The van der Waals surface area contributed by atoms with Gasteiger partial charge in [-0.3, -0.25) is 0 Å². The van der Waals surface area contributed by atoms with Crippen molar-refractivity contribution >= 4 is 37.5 Å². The van der Waals surface area contributed by atoms with Gasteiger partial charge in [0.2, 0.25) is 0 Å². The normalized spacial score (nSPS) is 11.0. The summed E-state index contributed by atoms with van der Waals surface area (Å²) in [6, 6.07) is 26.7. The summed E-state index contributed by atoms with van der Waals surface area (Å²) in [6.45, 7) is 0. The maximum Gasteiger partial charge on any atom is 0.142 e. The fourth-order valence-electron chi connectivity index (χ4n) is 2.70. The average molecular weight is 349 g/mol. The molecule has 4 aromatic carbocycles. The van der Waals surface area contributed by atoms with Crippen molar-refractivity contribution in [2.24, 2.45) is 0 Å². The van der Waals surface area contributed by atoms with Crippen LogP contribution in [-0.2, 0) is 0 Å². The number of hydrogen-bond acceptors (Lipinski definition) is 1. The highest BCUT2D eigenvalue weighted by molar-refractivity contribution is 9.10. The van der Waals surface area contributed by atoms with Gasteiger partial charge in [-0.2, -0.15) is 0 Å². The smallest absolute Gasteiger partial charge is 0.142 e. The van der Waals surface area contributed by atoms with E-state index in [2.05, 4.69) is 52.3 Å². The SMILES string of the molecule is Brc1c(Oc2cccc3ccccc23)ccc2ccccc12. The molecule has 0 saturated carbocycles. The molecule has 4 aromatic rings. The minimum absolute atomic E-state index is 0.829. The lowest BCUT2D eigenvalue weighted by Crippen LogP contribution is -1.88. The zero-order valence-corrected chi connectivity index (χ0v) is 13.4. The Balaban J connectivity index is 1.84. The van der Waals surface area contributed by atoms with E-state index in [1.54, 1.807) is 0 Å². The van der Waals surface area contributed by atoms with Crippen LogP contribution >= 0.6 is 15.9 Å². The van der Waals surface area contributed by atoms with Gasteiger partial charge in [0.25, 0.3) is 0 Å². The molecule has 0 heterocycles. The summed E-state index contributed by atoms with van der Waals surface area (Å²) in [7, 11) is 0. The molecule has 0 saturated heterocycles. The third kappa shape index (κ3) is 2.26. The van der Waals surface area contributed by atoms with Crippen LogP contribution in [0.3, 0.4) is 0 Å². The van der Waals surface area contributed by atoms with E-state index in [0.717, 1.165) is 26.7 Å². The molecular formula is C20H13BrO. The summed E-state index contributed by atoms with van der Waals surface area (Å²) in [5.41, 5.74) is 0. The van der Waals surface area contributed by atoms with Crippen LogP contribution in [0.15, 0.2) is 83.3 Å². The molecule has 0 spiro atoms. The number of rotatable bonds is 2. The topological polar surface area (TPSA) is 9.23 Å². The van der Waals surface area contributed by atoms with Crippen LogP contribution in [0.1, 0.15) is 0 Å². The Bertz CT molecular complexity index is 970. The van der Waals surface area contributed by atoms with E-state index < -0.39 is 0 Å². The van der Waals surface area contributed by atoms with Crippen molar-refractivity contribution in [3.8, 4) is 11.5 Å². The lowest BCUT2D eigenvalue weighted by Gasteiger charge is -2.12. The van der Waals surface area contributed by atoms with Gasteiger partial charge in [-0.25, -0.2) is 0 Å². The Hall–Kier alpha value is -2.32. The Morgan fingerprint density at radius 3 is 2.00 bits per heavy atom. The second kappa shape index (κ2) is 5.47. The van der Waals surface area contributed by atoms with Crippen molar-refractivity contribution in [1.82, 2.24) is 0 Å². The molecule has 1 nitrogen and oxygen atoms in total. The molecule has 0 fully saturated rings. The Labute approximate surface area is 137 Å². The Kier molecular flexibility index (Phi) is 3.32. The maximum absolute atomic E-state index is 6.18. The molecule has 0 N–H and O–H groups in total. The minimum atomic E-state index is 0.829. The van der Waals surface area contributed by atoms with Crippen LogP contribution in [0.2, 0.25) is 0 Å². The van der Waals surface area contributed by atoms with E-state index in [0.29, 0.717) is 0 Å². The molecule has 2 heteroatoms. The highest BCUT2D eigenvalue weighted by atomic mass is 79.9. The molecular weight excluding hydrogens is 336 g/mol. The predicted octanol–water partition coefficient (Wildman–Crippen LogP) is 6.55. The first-order chi connectivity index (χ1) is 10.8. The highest BCUT2D eigenvalue weighted by Crippen LogP contribution is 2.37. The first-order valence-electron chi connectivity index (χ1n) is 7.16. The minimum Gasteiger partial charge on any atom is -0.456 e. The van der Waals surface area contributed by atoms with E-state index in [4.69, 9.17) is 4.74 Å². The van der Waals surface area contributed by atoms with Crippen molar-refractivity contribution < 1.29 is 4.74 Å². The third-order valence-corrected chi connectivity index (χ3v) is 4.62. The predicted molar refractivity (Wildman–Crippen MR) is 95.7 cm³/mol. The average Bonchev–Trinajstić information content (AvgIpc) is 2.58. The standard InChI is InChI=1S/C20H13BrO/c21-20-17-10-4-2-7-15(17)12-13-19(20)22-18-11-5-8-14-6-1-3-9-16(14)18/h1-13H. The highest BCUT2D eigenvalue weighted by Gasteiger charge is 2.08. The number of fused-ring (bicyclic) bond motifs is 2. The molecule has 0 unspecified atom stereocenters. The van der Waals surface area contributed by atoms with Crippen LogP contribution in [0.4, 0.5) is 0 Å². The molecule has 0 amide bonds. The van der Waals surface area contributed by atoms with Crippen molar-refractivity contribution in [2.45, 2.75) is 0 Å². The van der Waals surface area contributed by atoms with E-state index in [1.807, 2.05) is 42.5 Å². The van der Waals surface area contributed by atoms with Crippen molar-refractivity contribution in [3.63, 3.8) is 0 Å². The third-order valence-electron chi connectivity index (χ3n) is 3.80. The summed E-state index contributed by atoms with van der Waals surface area (Å²) >= 11 is 3.68. The summed E-state index contributed by atoms with van der Waals surface area (Å²) in [5.74, 6) is 1.70. The first-order valence-corrected chi connectivity index (χ1v) is 7.95. The fraction of sp³-hybridized carbons (Fsp3) is 0. The monoisotopic (exact) mass is 348 g/mol. The zero-order chi connectivity index (χ0) is 14.9. The van der Waals surface area contributed by atoms with E-state index >= 15 is 0 Å². The first kappa shape index (κ1) is 13.4. The van der Waals surface area contributed by atoms with E-state index in [-0.39, 0.29) is 0 Å². The maximum atomic E-state index is 6.18. The number of benzene rings is 4. The quantitative estimate of drug-likeness (QED) is 0.399. The summed E-state index contributed by atoms with van der Waals surface area (Å²) in [4.78, 5) is 0. The van der Waals surface area contributed by atoms with Gasteiger partial charge in [-0.15, -0.1) is 0 Å². The number of hydrogen-bond donors (Lipinski definition) is 0. The van der Waals surface area contributed by atoms with Crippen LogP contribution in [0, 0.1) is 0 Å². The second-order valence-corrected chi connectivity index (χ2v) is 5.97. The van der Waals surface area contributed by atoms with Gasteiger partial charge in [0.05, 0.1) is 4.47 Å². The lowest BCUT2D eigenvalue weighted by molar-refractivity contribution is 0.486. The van der Waals surface area contributed by atoms with Gasteiger partial charge >= 0.3 is 0 Å². The summed E-state index contributed by atoms with van der Waals surface area (Å²) in [5, 5.41) is 4.64. The van der Waals surface area contributed by atoms with Gasteiger partial charge in [0, 0.05) is 5.39 Å². The largest absolute Gasteiger partial charge is 0.456 e. The van der Waals surface area contributed by atoms with Crippen LogP contribution in [-0.4, -0.2) is 0 Å². The molecule has 0 aromatic heterocycles. The van der Waals surface area contributed by atoms with Crippen LogP contribution in [0.5, 0.6) is 11.5 Å². The lowest BCUT2D eigenvalue weighted by atomic mass is 10.1. The van der Waals surface area contributed by atoms with Crippen molar-refractivity contribution in [3.05, 3.63) is 83.3 Å². The molecule has 0 bridgehead atoms. The van der Waals surface area contributed by atoms with Gasteiger partial charge < -0.3 is 4.74 Å². The zero-order valence-electron chi connectivity index (χ0n) is 11.8. The Morgan fingerprint density at radius 1 is 0.545 bits per heavy atom. The molecule has 0 aliphatic carbocycles. The van der Waals surface area contributed by atoms with E-state index in [1.165, 1.54) is 10.8 Å². The van der Waals surface area contributed by atoms with Gasteiger partial charge in [0.15, 0.2) is 0 Å². The van der Waals surface area contributed by atoms with Crippen molar-refractivity contribution in [1.29, 1.82) is 0 Å². The van der Waals surface area contributed by atoms with Crippen molar-refractivity contribution in [2.75, 3.05) is 0 Å². The van der Waals surface area contributed by atoms with Crippen LogP contribution < -0.4 is 4.74 Å². The number of ether oxygens (including phenoxy) is 1. The van der Waals surface area contributed by atoms with Gasteiger partial charge in [-0.05, 0) is 44.2 Å². The molecule has 106 valence electrons. The molecule has 0 radical (unpaired) electrons. The van der Waals surface area contributed by atoms with Crippen LogP contribution in [0.25, 0.3) is 21.5 Å². The van der Waals surface area contributed by atoms with Gasteiger partial charge in [-0.1, -0.05) is 66.7 Å². The molecule has 0 aliphatic rings. The second-order valence-electron chi connectivity index (χ2n) is 5.18. The summed E-state index contributed by atoms with van der Waals surface area (Å²) < 4.78 is 7.17.